The van der Waals surface area contributed by atoms with Gasteiger partial charge in [0, 0.05) is 57.0 Å². The second-order valence-corrected chi connectivity index (χ2v) is 16.5. The van der Waals surface area contributed by atoms with Crippen LogP contribution < -0.4 is 0 Å². The van der Waals surface area contributed by atoms with Crippen LogP contribution in [0, 0.1) is 0 Å². The van der Waals surface area contributed by atoms with Gasteiger partial charge in [0.05, 0.1) is 0 Å². The summed E-state index contributed by atoms with van der Waals surface area (Å²) in [6, 6.07) is 63.3. The molecule has 0 atom stereocenters. The summed E-state index contributed by atoms with van der Waals surface area (Å²) in [5.41, 5.74) is 5.37. The monoisotopic (exact) mass is 747 g/mol. The Balaban J connectivity index is 1.02. The fraction of sp³-hybridized carbons (Fsp3) is 0. The lowest BCUT2D eigenvalue weighted by atomic mass is 9.91. The summed E-state index contributed by atoms with van der Waals surface area (Å²) in [6.45, 7) is 0. The van der Waals surface area contributed by atoms with Gasteiger partial charge in [-0.3, -0.25) is 0 Å². The second kappa shape index (κ2) is 12.4. The molecule has 0 N–H and O–H groups in total. The molecule has 3 aromatic heterocycles. The molecular formula is C51H29N3S2. The molecule has 5 heteroatoms. The van der Waals surface area contributed by atoms with Crippen LogP contribution in [0.2, 0.25) is 0 Å². The molecule has 9 aromatic carbocycles. The van der Waals surface area contributed by atoms with Crippen molar-refractivity contribution in [3.05, 3.63) is 176 Å². The van der Waals surface area contributed by atoms with Gasteiger partial charge in [0.25, 0.3) is 0 Å². The number of benzene rings is 9. The topological polar surface area (TPSA) is 38.7 Å². The number of thiophene rings is 2. The van der Waals surface area contributed by atoms with E-state index in [9.17, 15) is 0 Å². The van der Waals surface area contributed by atoms with E-state index < -0.39 is 0 Å². The lowest BCUT2D eigenvalue weighted by Gasteiger charge is -2.12. The lowest BCUT2D eigenvalue weighted by Crippen LogP contribution is -2.00. The first-order valence-electron chi connectivity index (χ1n) is 18.8. The van der Waals surface area contributed by atoms with Gasteiger partial charge in [-0.15, -0.1) is 22.7 Å². The Morgan fingerprint density at radius 3 is 1.52 bits per heavy atom. The van der Waals surface area contributed by atoms with Crippen LogP contribution >= 0.6 is 22.7 Å². The summed E-state index contributed by atoms with van der Waals surface area (Å²) >= 11 is 3.64. The smallest absolute Gasteiger partial charge is 0.164 e. The maximum absolute atomic E-state index is 5.16. The van der Waals surface area contributed by atoms with Gasteiger partial charge in [-0.25, -0.2) is 15.0 Å². The SMILES string of the molecule is c1ccc(-c2nc(-c3ccc4c(c3)sc3cccc(-c5ccc6c7ccccc7c7ccccc7c6c5)c34)nc(-c3ccc4sc5ccccc5c4c3)n2)cc1. The highest BCUT2D eigenvalue weighted by Gasteiger charge is 2.18. The van der Waals surface area contributed by atoms with Crippen LogP contribution in [0.3, 0.4) is 0 Å². The number of hydrogen-bond acceptors (Lipinski definition) is 5. The zero-order valence-corrected chi connectivity index (χ0v) is 31.5. The summed E-state index contributed by atoms with van der Waals surface area (Å²) in [4.78, 5) is 15.3. The van der Waals surface area contributed by atoms with E-state index in [0.717, 1.165) is 16.7 Å². The lowest BCUT2D eigenvalue weighted by molar-refractivity contribution is 1.08. The predicted molar refractivity (Wildman–Crippen MR) is 240 cm³/mol. The Hall–Kier alpha value is -6.79. The van der Waals surface area contributed by atoms with Crippen molar-refractivity contribution in [3.63, 3.8) is 0 Å². The van der Waals surface area contributed by atoms with Gasteiger partial charge < -0.3 is 0 Å². The third-order valence-corrected chi connectivity index (χ3v) is 13.4. The minimum absolute atomic E-state index is 0.663. The molecule has 260 valence electrons. The molecule has 0 spiro atoms. The number of rotatable bonds is 4. The highest BCUT2D eigenvalue weighted by Crippen LogP contribution is 2.44. The molecule has 0 fully saturated rings. The Morgan fingerprint density at radius 2 is 0.768 bits per heavy atom. The molecule has 0 aliphatic rings. The Morgan fingerprint density at radius 1 is 0.268 bits per heavy atom. The van der Waals surface area contributed by atoms with Gasteiger partial charge in [0.15, 0.2) is 17.5 Å². The highest BCUT2D eigenvalue weighted by molar-refractivity contribution is 7.26. The molecule has 0 bridgehead atoms. The van der Waals surface area contributed by atoms with Gasteiger partial charge in [-0.05, 0) is 85.9 Å². The molecule has 0 aliphatic heterocycles. The van der Waals surface area contributed by atoms with E-state index in [4.69, 9.17) is 15.0 Å². The predicted octanol–water partition coefficient (Wildman–Crippen LogP) is 14.7. The van der Waals surface area contributed by atoms with Crippen LogP contribution in [0.1, 0.15) is 0 Å². The number of hydrogen-bond donors (Lipinski definition) is 0. The van der Waals surface area contributed by atoms with Crippen LogP contribution in [-0.4, -0.2) is 15.0 Å². The first kappa shape index (κ1) is 31.5. The van der Waals surface area contributed by atoms with Gasteiger partial charge >= 0.3 is 0 Å². The molecule has 0 radical (unpaired) electrons. The van der Waals surface area contributed by atoms with E-state index in [2.05, 4.69) is 158 Å². The molecular weight excluding hydrogens is 719 g/mol. The average Bonchev–Trinajstić information content (AvgIpc) is 3.84. The maximum Gasteiger partial charge on any atom is 0.164 e. The summed E-state index contributed by atoms with van der Waals surface area (Å²) in [5.74, 6) is 2.00. The largest absolute Gasteiger partial charge is 0.208 e. The molecule has 3 nitrogen and oxygen atoms in total. The van der Waals surface area contributed by atoms with Crippen molar-refractivity contribution in [2.45, 2.75) is 0 Å². The molecule has 12 rings (SSSR count). The zero-order chi connectivity index (χ0) is 36.7. The van der Waals surface area contributed by atoms with Gasteiger partial charge in [-0.2, -0.15) is 0 Å². The molecule has 0 aliphatic carbocycles. The van der Waals surface area contributed by atoms with E-state index in [-0.39, 0.29) is 0 Å². The number of fused-ring (bicyclic) bond motifs is 12. The fourth-order valence-electron chi connectivity index (χ4n) is 8.50. The average molecular weight is 748 g/mol. The summed E-state index contributed by atoms with van der Waals surface area (Å²) < 4.78 is 5.00. The molecule has 56 heavy (non-hydrogen) atoms. The van der Waals surface area contributed by atoms with Crippen molar-refractivity contribution in [2.24, 2.45) is 0 Å². The van der Waals surface area contributed by atoms with Crippen LogP contribution in [0.25, 0.3) is 118 Å². The van der Waals surface area contributed by atoms with Crippen molar-refractivity contribution in [1.29, 1.82) is 0 Å². The molecule has 0 saturated heterocycles. The Kier molecular flexibility index (Phi) is 6.97. The first-order chi connectivity index (χ1) is 27.7. The van der Waals surface area contributed by atoms with Crippen LogP contribution in [0.15, 0.2) is 176 Å². The van der Waals surface area contributed by atoms with Crippen molar-refractivity contribution < 1.29 is 0 Å². The maximum atomic E-state index is 5.16. The van der Waals surface area contributed by atoms with E-state index >= 15 is 0 Å². The van der Waals surface area contributed by atoms with Crippen molar-refractivity contribution >= 4 is 95.3 Å². The van der Waals surface area contributed by atoms with Crippen LogP contribution in [0.5, 0.6) is 0 Å². The third-order valence-electron chi connectivity index (χ3n) is 11.1. The van der Waals surface area contributed by atoms with Gasteiger partial charge in [-0.1, -0.05) is 133 Å². The van der Waals surface area contributed by atoms with E-state index in [1.54, 1.807) is 0 Å². The molecule has 3 heterocycles. The van der Waals surface area contributed by atoms with Crippen LogP contribution in [-0.2, 0) is 0 Å². The van der Waals surface area contributed by atoms with E-state index in [0.29, 0.717) is 17.5 Å². The van der Waals surface area contributed by atoms with Crippen molar-refractivity contribution in [2.75, 3.05) is 0 Å². The molecule has 0 amide bonds. The Labute approximate surface area is 329 Å². The molecule has 0 unspecified atom stereocenters. The fourth-order valence-corrected chi connectivity index (χ4v) is 10.8. The Bertz CT molecular complexity index is 3510. The highest BCUT2D eigenvalue weighted by atomic mass is 32.1. The molecule has 12 aromatic rings. The van der Waals surface area contributed by atoms with Crippen molar-refractivity contribution in [1.82, 2.24) is 15.0 Å². The number of nitrogens with zero attached hydrogens (tertiary/aromatic N) is 3. The third kappa shape index (κ3) is 4.92. The molecule has 0 saturated carbocycles. The zero-order valence-electron chi connectivity index (χ0n) is 29.9. The van der Waals surface area contributed by atoms with Gasteiger partial charge in [0.2, 0.25) is 0 Å². The first-order valence-corrected chi connectivity index (χ1v) is 20.4. The summed E-state index contributed by atoms with van der Waals surface area (Å²) in [6.07, 6.45) is 0. The van der Waals surface area contributed by atoms with Gasteiger partial charge in [0.1, 0.15) is 0 Å². The normalized spacial score (nSPS) is 11.9. The minimum Gasteiger partial charge on any atom is -0.208 e. The summed E-state index contributed by atoms with van der Waals surface area (Å²) in [5, 5.41) is 12.7. The number of aromatic nitrogens is 3. The quantitative estimate of drug-likeness (QED) is 0.168. The summed E-state index contributed by atoms with van der Waals surface area (Å²) in [7, 11) is 0. The van der Waals surface area contributed by atoms with E-state index in [1.807, 2.05) is 40.9 Å². The standard InChI is InChI=1S/C51H29N3S2/c1-2-11-30(12-3-1)49-52-50(32-23-26-45-43(28-32)40-17-8-9-19-44(40)55-45)54-51(53-49)33-22-25-41-47(29-33)56-46-20-10-18-34(48(41)46)31-21-24-39-37-15-5-4-13-35(37)36-14-6-7-16-38(36)42(39)27-31/h1-29H. The second-order valence-electron chi connectivity index (χ2n) is 14.3. The minimum atomic E-state index is 0.663. The van der Waals surface area contributed by atoms with Crippen molar-refractivity contribution in [3.8, 4) is 45.3 Å². The van der Waals surface area contributed by atoms with Crippen LogP contribution in [0.4, 0.5) is 0 Å². The van der Waals surface area contributed by atoms with E-state index in [1.165, 1.54) is 83.8 Å².